The van der Waals surface area contributed by atoms with E-state index in [4.69, 9.17) is 0 Å². The Balaban J connectivity index is 1.58. The topological polar surface area (TPSA) is 78.5 Å². The van der Waals surface area contributed by atoms with Gasteiger partial charge in [-0.1, -0.05) is 36.4 Å². The van der Waals surface area contributed by atoms with E-state index >= 15 is 0 Å². The van der Waals surface area contributed by atoms with Gasteiger partial charge >= 0.3 is 0 Å². The first kappa shape index (κ1) is 23.1. The average molecular weight is 441 g/mol. The third-order valence-corrected chi connectivity index (χ3v) is 5.47. The zero-order chi connectivity index (χ0) is 23.1. The van der Waals surface area contributed by atoms with Crippen LogP contribution in [0.4, 0.5) is 8.78 Å². The van der Waals surface area contributed by atoms with Crippen molar-refractivity contribution >= 4 is 23.8 Å². The molecule has 0 radical (unpaired) electrons. The number of carbonyl (C=O) groups excluding carboxylic acids is 3. The van der Waals surface area contributed by atoms with Crippen LogP contribution < -0.4 is 10.6 Å². The van der Waals surface area contributed by atoms with E-state index in [0.29, 0.717) is 25.9 Å². The highest BCUT2D eigenvalue weighted by Gasteiger charge is 2.30. The molecule has 0 saturated carbocycles. The maximum absolute atomic E-state index is 13.6. The Morgan fingerprint density at radius 1 is 1.03 bits per heavy atom. The van der Waals surface area contributed by atoms with Crippen LogP contribution in [0.15, 0.2) is 54.6 Å². The molecule has 1 fully saturated rings. The van der Waals surface area contributed by atoms with Gasteiger partial charge in [-0.25, -0.2) is 8.78 Å². The lowest BCUT2D eigenvalue weighted by atomic mass is 9.94. The van der Waals surface area contributed by atoms with Crippen molar-refractivity contribution in [2.24, 2.45) is 5.92 Å². The van der Waals surface area contributed by atoms with E-state index in [1.54, 1.807) is 11.0 Å². The summed E-state index contributed by atoms with van der Waals surface area (Å²) in [6, 6.07) is 11.4. The molecule has 1 aliphatic rings. The summed E-state index contributed by atoms with van der Waals surface area (Å²) < 4.78 is 26.9. The number of hydrogen-bond acceptors (Lipinski definition) is 3. The van der Waals surface area contributed by atoms with Gasteiger partial charge in [-0.05, 0) is 42.2 Å². The lowest BCUT2D eigenvalue weighted by Gasteiger charge is -2.31. The smallest absolute Gasteiger partial charge is 0.246 e. The number of likely N-dealkylation sites (tertiary alicyclic amines) is 1. The fourth-order valence-electron chi connectivity index (χ4n) is 3.60. The predicted molar refractivity (Wildman–Crippen MR) is 116 cm³/mol. The van der Waals surface area contributed by atoms with Gasteiger partial charge in [-0.3, -0.25) is 14.4 Å². The number of likely N-dealkylation sites (N-methyl/N-ethyl adjacent to an activating group) is 1. The molecule has 1 saturated heterocycles. The first-order valence-electron chi connectivity index (χ1n) is 10.4. The summed E-state index contributed by atoms with van der Waals surface area (Å²) in [6.07, 6.45) is 4.14. The molecule has 6 nitrogen and oxygen atoms in total. The van der Waals surface area contributed by atoms with E-state index < -0.39 is 29.5 Å². The van der Waals surface area contributed by atoms with Gasteiger partial charge in [0.15, 0.2) is 11.6 Å². The summed E-state index contributed by atoms with van der Waals surface area (Å²) in [5.41, 5.74) is 1.07. The van der Waals surface area contributed by atoms with E-state index in [0.717, 1.165) is 17.7 Å². The van der Waals surface area contributed by atoms with Gasteiger partial charge in [0.25, 0.3) is 0 Å². The Morgan fingerprint density at radius 3 is 2.34 bits per heavy atom. The standard InChI is InChI=1S/C24H25F2N3O3/c1-27-24(32)22(18-8-9-19(25)20(26)15-18)28-23(31)17-11-13-29(14-12-17)21(30)10-7-16-5-3-2-4-6-16/h2-10,15,17,22H,11-14H2,1H3,(H,27,32)(H,28,31)/b10-7+. The molecule has 2 aromatic carbocycles. The molecule has 3 amide bonds. The van der Waals surface area contributed by atoms with Crippen LogP contribution in [0.5, 0.6) is 0 Å². The summed E-state index contributed by atoms with van der Waals surface area (Å²) >= 11 is 0. The van der Waals surface area contributed by atoms with Crippen LogP contribution >= 0.6 is 0 Å². The van der Waals surface area contributed by atoms with Gasteiger partial charge in [-0.15, -0.1) is 0 Å². The van der Waals surface area contributed by atoms with E-state index in [-0.39, 0.29) is 17.4 Å². The van der Waals surface area contributed by atoms with E-state index in [2.05, 4.69) is 10.6 Å². The average Bonchev–Trinajstić information content (AvgIpc) is 2.83. The lowest BCUT2D eigenvalue weighted by molar-refractivity contribution is -0.134. The van der Waals surface area contributed by atoms with Crippen molar-refractivity contribution in [3.8, 4) is 0 Å². The number of nitrogens with one attached hydrogen (secondary N) is 2. The highest BCUT2D eigenvalue weighted by Crippen LogP contribution is 2.22. The quantitative estimate of drug-likeness (QED) is 0.677. The molecular weight excluding hydrogens is 416 g/mol. The summed E-state index contributed by atoms with van der Waals surface area (Å²) in [5, 5.41) is 5.06. The minimum Gasteiger partial charge on any atom is -0.357 e. The van der Waals surface area contributed by atoms with Crippen molar-refractivity contribution in [3.63, 3.8) is 0 Å². The summed E-state index contributed by atoms with van der Waals surface area (Å²) in [6.45, 7) is 0.817. The molecule has 0 spiro atoms. The Hall–Kier alpha value is -3.55. The van der Waals surface area contributed by atoms with Gasteiger partial charge < -0.3 is 15.5 Å². The zero-order valence-corrected chi connectivity index (χ0v) is 17.7. The van der Waals surface area contributed by atoms with E-state index in [9.17, 15) is 23.2 Å². The largest absolute Gasteiger partial charge is 0.357 e. The number of hydrogen-bond donors (Lipinski definition) is 2. The second kappa shape index (κ2) is 10.7. The van der Waals surface area contributed by atoms with Crippen molar-refractivity contribution in [1.82, 2.24) is 15.5 Å². The molecule has 0 bridgehead atoms. The Kier molecular flexibility index (Phi) is 7.70. The number of rotatable bonds is 6. The monoisotopic (exact) mass is 441 g/mol. The van der Waals surface area contributed by atoms with E-state index in [1.165, 1.54) is 19.2 Å². The van der Waals surface area contributed by atoms with Gasteiger partial charge in [-0.2, -0.15) is 0 Å². The maximum Gasteiger partial charge on any atom is 0.246 e. The molecule has 168 valence electrons. The molecule has 1 atom stereocenters. The minimum absolute atomic E-state index is 0.127. The number of amides is 3. The van der Waals surface area contributed by atoms with Crippen LogP contribution in [0.2, 0.25) is 0 Å². The third kappa shape index (κ3) is 5.78. The Morgan fingerprint density at radius 2 is 1.72 bits per heavy atom. The number of carbonyl (C=O) groups is 3. The normalized spacial score (nSPS) is 15.4. The summed E-state index contributed by atoms with van der Waals surface area (Å²) in [7, 11) is 1.40. The molecule has 3 rings (SSSR count). The van der Waals surface area contributed by atoms with Crippen LogP contribution in [-0.2, 0) is 14.4 Å². The van der Waals surface area contributed by atoms with Crippen molar-refractivity contribution in [3.05, 3.63) is 77.4 Å². The Bertz CT molecular complexity index is 1000. The second-order valence-corrected chi connectivity index (χ2v) is 7.57. The number of nitrogens with zero attached hydrogens (tertiary/aromatic N) is 1. The zero-order valence-electron chi connectivity index (χ0n) is 17.7. The maximum atomic E-state index is 13.6. The van der Waals surface area contributed by atoms with Crippen LogP contribution in [0.1, 0.15) is 30.0 Å². The lowest BCUT2D eigenvalue weighted by Crippen LogP contribution is -2.45. The van der Waals surface area contributed by atoms with Crippen LogP contribution in [0, 0.1) is 17.6 Å². The molecule has 2 aromatic rings. The highest BCUT2D eigenvalue weighted by molar-refractivity contribution is 5.92. The molecule has 32 heavy (non-hydrogen) atoms. The molecule has 0 aliphatic carbocycles. The molecule has 0 aromatic heterocycles. The third-order valence-electron chi connectivity index (χ3n) is 5.47. The number of piperidine rings is 1. The highest BCUT2D eigenvalue weighted by atomic mass is 19.2. The van der Waals surface area contributed by atoms with Gasteiger partial charge in [0.05, 0.1) is 0 Å². The summed E-state index contributed by atoms with van der Waals surface area (Å²) in [4.78, 5) is 39.1. The van der Waals surface area contributed by atoms with Gasteiger partial charge in [0, 0.05) is 32.1 Å². The van der Waals surface area contributed by atoms with Crippen LogP contribution in [-0.4, -0.2) is 42.8 Å². The predicted octanol–water partition coefficient (Wildman–Crippen LogP) is 2.82. The SMILES string of the molecule is CNC(=O)C(NC(=O)C1CCN(C(=O)/C=C/c2ccccc2)CC1)c1ccc(F)c(F)c1. The van der Waals surface area contributed by atoms with Crippen molar-refractivity contribution in [1.29, 1.82) is 0 Å². The minimum atomic E-state index is -1.14. The second-order valence-electron chi connectivity index (χ2n) is 7.57. The fraction of sp³-hybridized carbons (Fsp3) is 0.292. The molecule has 2 N–H and O–H groups in total. The molecule has 8 heteroatoms. The summed E-state index contributed by atoms with van der Waals surface area (Å²) in [5.74, 6) is -3.55. The number of benzene rings is 2. The van der Waals surface area contributed by atoms with Gasteiger partial charge in [0.2, 0.25) is 17.7 Å². The molecule has 1 heterocycles. The number of halogens is 2. The van der Waals surface area contributed by atoms with Crippen molar-refractivity contribution in [2.75, 3.05) is 20.1 Å². The van der Waals surface area contributed by atoms with Crippen LogP contribution in [0.25, 0.3) is 6.08 Å². The van der Waals surface area contributed by atoms with Crippen molar-refractivity contribution < 1.29 is 23.2 Å². The first-order valence-corrected chi connectivity index (χ1v) is 10.4. The fourth-order valence-corrected chi connectivity index (χ4v) is 3.60. The first-order chi connectivity index (χ1) is 15.4. The molecule has 1 aliphatic heterocycles. The van der Waals surface area contributed by atoms with Gasteiger partial charge in [0.1, 0.15) is 6.04 Å². The molecule has 1 unspecified atom stereocenters. The van der Waals surface area contributed by atoms with E-state index in [1.807, 2.05) is 30.3 Å². The van der Waals surface area contributed by atoms with Crippen LogP contribution in [0.3, 0.4) is 0 Å². The van der Waals surface area contributed by atoms with Crippen molar-refractivity contribution in [2.45, 2.75) is 18.9 Å². The Labute approximate surface area is 185 Å². The molecular formula is C24H25F2N3O3.